The summed E-state index contributed by atoms with van der Waals surface area (Å²) in [5.74, 6) is 0. The van der Waals surface area contributed by atoms with Crippen LogP contribution in [-0.4, -0.2) is 34.2 Å². The Morgan fingerprint density at radius 2 is 2.28 bits per heavy atom. The number of alkyl carbamates (subject to hydrolysis) is 1. The molecule has 1 heterocycles. The van der Waals surface area contributed by atoms with Crippen molar-refractivity contribution in [1.29, 1.82) is 0 Å². The van der Waals surface area contributed by atoms with Crippen molar-refractivity contribution < 1.29 is 9.53 Å². The number of hydrogen-bond acceptors (Lipinski definition) is 4. The van der Waals surface area contributed by atoms with Crippen LogP contribution in [0.25, 0.3) is 0 Å². The molecule has 0 aliphatic carbocycles. The van der Waals surface area contributed by atoms with E-state index in [1.807, 2.05) is 27.7 Å². The molecule has 3 N–H and O–H groups in total. The summed E-state index contributed by atoms with van der Waals surface area (Å²) in [4.78, 5) is 18.4. The van der Waals surface area contributed by atoms with Crippen molar-refractivity contribution in [2.75, 3.05) is 6.54 Å². The fraction of sp³-hybridized carbons (Fsp3) is 0.667. The number of ether oxygens (including phenoxy) is 1. The van der Waals surface area contributed by atoms with Gasteiger partial charge in [0.05, 0.1) is 6.33 Å². The first-order valence-electron chi connectivity index (χ1n) is 6.04. The lowest BCUT2D eigenvalue weighted by Crippen LogP contribution is -2.41. The van der Waals surface area contributed by atoms with Crippen LogP contribution >= 0.6 is 0 Å². The highest BCUT2D eigenvalue weighted by Gasteiger charge is 2.16. The third-order valence-corrected chi connectivity index (χ3v) is 2.15. The Morgan fingerprint density at radius 1 is 1.56 bits per heavy atom. The molecular formula is C12H22N4O2. The third kappa shape index (κ3) is 6.24. The van der Waals surface area contributed by atoms with Crippen molar-refractivity contribution in [2.24, 2.45) is 0 Å². The molecule has 0 radical (unpaired) electrons. The molecule has 1 unspecified atom stereocenters. The van der Waals surface area contributed by atoms with Gasteiger partial charge in [-0.1, -0.05) is 0 Å². The molecule has 0 aliphatic rings. The SMILES string of the molecule is CC(CNC(=O)OC(C)(C)C)NCc1cnc[nH]1. The molecule has 1 aromatic heterocycles. The lowest BCUT2D eigenvalue weighted by Gasteiger charge is -2.21. The fourth-order valence-corrected chi connectivity index (χ4v) is 1.29. The van der Waals surface area contributed by atoms with Crippen molar-refractivity contribution in [2.45, 2.75) is 45.9 Å². The summed E-state index contributed by atoms with van der Waals surface area (Å²) >= 11 is 0. The van der Waals surface area contributed by atoms with Gasteiger partial charge in [0.25, 0.3) is 0 Å². The van der Waals surface area contributed by atoms with Crippen LogP contribution < -0.4 is 10.6 Å². The third-order valence-electron chi connectivity index (χ3n) is 2.15. The van der Waals surface area contributed by atoms with Crippen LogP contribution in [0.2, 0.25) is 0 Å². The molecule has 18 heavy (non-hydrogen) atoms. The number of aromatic amines is 1. The molecule has 0 fully saturated rings. The molecule has 0 saturated carbocycles. The predicted octanol–water partition coefficient (Wildman–Crippen LogP) is 1.41. The largest absolute Gasteiger partial charge is 0.444 e. The Morgan fingerprint density at radius 3 is 2.83 bits per heavy atom. The number of hydrogen-bond donors (Lipinski definition) is 3. The van der Waals surface area contributed by atoms with Crippen LogP contribution in [0.15, 0.2) is 12.5 Å². The van der Waals surface area contributed by atoms with E-state index >= 15 is 0 Å². The zero-order chi connectivity index (χ0) is 13.6. The summed E-state index contributed by atoms with van der Waals surface area (Å²) in [6, 6.07) is 0.154. The number of amides is 1. The van der Waals surface area contributed by atoms with E-state index in [1.165, 1.54) is 0 Å². The number of carbonyl (C=O) groups excluding carboxylic acids is 1. The molecule has 0 aromatic carbocycles. The van der Waals surface area contributed by atoms with Gasteiger partial charge in [0.2, 0.25) is 0 Å². The molecule has 1 aromatic rings. The second-order valence-electron chi connectivity index (χ2n) is 5.24. The molecule has 6 nitrogen and oxygen atoms in total. The number of imidazole rings is 1. The number of rotatable bonds is 5. The highest BCUT2D eigenvalue weighted by molar-refractivity contribution is 5.67. The zero-order valence-corrected chi connectivity index (χ0v) is 11.4. The lowest BCUT2D eigenvalue weighted by atomic mass is 10.2. The minimum absolute atomic E-state index is 0.154. The minimum Gasteiger partial charge on any atom is -0.444 e. The van der Waals surface area contributed by atoms with Crippen LogP contribution in [0.1, 0.15) is 33.4 Å². The summed E-state index contributed by atoms with van der Waals surface area (Å²) in [5.41, 5.74) is 0.551. The number of aromatic nitrogens is 2. The Kier molecular flexibility index (Phi) is 5.15. The molecule has 0 spiro atoms. The topological polar surface area (TPSA) is 79.0 Å². The maximum absolute atomic E-state index is 11.4. The van der Waals surface area contributed by atoms with Gasteiger partial charge in [-0.2, -0.15) is 0 Å². The number of nitrogens with zero attached hydrogens (tertiary/aromatic N) is 1. The number of carbonyl (C=O) groups is 1. The van der Waals surface area contributed by atoms with E-state index in [0.717, 1.165) is 5.69 Å². The van der Waals surface area contributed by atoms with Crippen LogP contribution in [0.4, 0.5) is 4.79 Å². The monoisotopic (exact) mass is 254 g/mol. The van der Waals surface area contributed by atoms with Crippen molar-refractivity contribution in [3.05, 3.63) is 18.2 Å². The maximum atomic E-state index is 11.4. The second-order valence-corrected chi connectivity index (χ2v) is 5.24. The van der Waals surface area contributed by atoms with E-state index < -0.39 is 11.7 Å². The average Bonchev–Trinajstić information content (AvgIpc) is 2.74. The Balaban J connectivity index is 2.17. The first-order valence-corrected chi connectivity index (χ1v) is 6.04. The first kappa shape index (κ1) is 14.5. The minimum atomic E-state index is -0.462. The highest BCUT2D eigenvalue weighted by atomic mass is 16.6. The standard InChI is InChI=1S/C12H22N4O2/c1-9(14-7-10-6-13-8-16-10)5-15-11(17)18-12(2,3)4/h6,8-9,14H,5,7H2,1-4H3,(H,13,16)(H,15,17). The second kappa shape index (κ2) is 6.39. The van der Waals surface area contributed by atoms with Gasteiger partial charge < -0.3 is 20.4 Å². The van der Waals surface area contributed by atoms with Gasteiger partial charge >= 0.3 is 6.09 Å². The van der Waals surface area contributed by atoms with E-state index in [0.29, 0.717) is 13.1 Å². The number of nitrogens with one attached hydrogen (secondary N) is 3. The molecule has 0 bridgehead atoms. The number of H-pyrrole nitrogens is 1. The predicted molar refractivity (Wildman–Crippen MR) is 69.1 cm³/mol. The summed E-state index contributed by atoms with van der Waals surface area (Å²) in [7, 11) is 0. The van der Waals surface area contributed by atoms with Crippen LogP contribution in [0.5, 0.6) is 0 Å². The molecule has 102 valence electrons. The fourth-order valence-electron chi connectivity index (χ4n) is 1.29. The maximum Gasteiger partial charge on any atom is 0.407 e. The first-order chi connectivity index (χ1) is 8.37. The Bertz CT molecular complexity index is 357. The summed E-state index contributed by atoms with van der Waals surface area (Å²) in [6.07, 6.45) is 3.01. The van der Waals surface area contributed by atoms with Crippen molar-refractivity contribution in [3.63, 3.8) is 0 Å². The molecule has 1 atom stereocenters. The summed E-state index contributed by atoms with van der Waals surface area (Å²) in [6.45, 7) is 8.72. The van der Waals surface area contributed by atoms with E-state index in [1.54, 1.807) is 12.5 Å². The van der Waals surface area contributed by atoms with E-state index in [9.17, 15) is 4.79 Å². The lowest BCUT2D eigenvalue weighted by molar-refractivity contribution is 0.0523. The van der Waals surface area contributed by atoms with Gasteiger partial charge in [0, 0.05) is 31.0 Å². The van der Waals surface area contributed by atoms with E-state index in [-0.39, 0.29) is 6.04 Å². The smallest absolute Gasteiger partial charge is 0.407 e. The molecule has 1 rings (SSSR count). The van der Waals surface area contributed by atoms with Crippen LogP contribution in [0, 0.1) is 0 Å². The van der Waals surface area contributed by atoms with Crippen molar-refractivity contribution >= 4 is 6.09 Å². The van der Waals surface area contributed by atoms with Gasteiger partial charge in [0.15, 0.2) is 0 Å². The highest BCUT2D eigenvalue weighted by Crippen LogP contribution is 2.06. The molecule has 6 heteroatoms. The zero-order valence-electron chi connectivity index (χ0n) is 11.4. The van der Waals surface area contributed by atoms with E-state index in [2.05, 4.69) is 20.6 Å². The van der Waals surface area contributed by atoms with Gasteiger partial charge in [-0.3, -0.25) is 0 Å². The average molecular weight is 254 g/mol. The van der Waals surface area contributed by atoms with E-state index in [4.69, 9.17) is 4.74 Å². The summed E-state index contributed by atoms with van der Waals surface area (Å²) in [5, 5.41) is 5.98. The molecular weight excluding hydrogens is 232 g/mol. The molecule has 1 amide bonds. The van der Waals surface area contributed by atoms with Gasteiger partial charge in [0.1, 0.15) is 5.60 Å². The van der Waals surface area contributed by atoms with Crippen molar-refractivity contribution in [3.8, 4) is 0 Å². The van der Waals surface area contributed by atoms with Crippen LogP contribution in [0.3, 0.4) is 0 Å². The van der Waals surface area contributed by atoms with Gasteiger partial charge in [-0.05, 0) is 27.7 Å². The Labute approximate surface area is 108 Å². The van der Waals surface area contributed by atoms with Gasteiger partial charge in [-0.25, -0.2) is 9.78 Å². The van der Waals surface area contributed by atoms with Crippen molar-refractivity contribution in [1.82, 2.24) is 20.6 Å². The summed E-state index contributed by atoms with van der Waals surface area (Å²) < 4.78 is 5.14. The molecule has 0 saturated heterocycles. The normalized spacial score (nSPS) is 13.1. The van der Waals surface area contributed by atoms with Gasteiger partial charge in [-0.15, -0.1) is 0 Å². The quantitative estimate of drug-likeness (QED) is 0.742. The van der Waals surface area contributed by atoms with Crippen LogP contribution in [-0.2, 0) is 11.3 Å². The molecule has 0 aliphatic heterocycles. The Hall–Kier alpha value is -1.56.